The number of carbonyl (C=O) groups is 2. The molecule has 0 amide bonds. The van der Waals surface area contributed by atoms with E-state index >= 15 is 0 Å². The zero-order valence-corrected chi connectivity index (χ0v) is 13.2. The molecule has 0 radical (unpaired) electrons. The lowest BCUT2D eigenvalue weighted by Crippen LogP contribution is -2.46. The summed E-state index contributed by atoms with van der Waals surface area (Å²) >= 11 is 0. The van der Waals surface area contributed by atoms with Gasteiger partial charge in [0.25, 0.3) is 0 Å². The smallest absolute Gasteiger partial charge is 0.334 e. The molecule has 0 N–H and O–H groups in total. The van der Waals surface area contributed by atoms with Crippen LogP contribution in [0.25, 0.3) is 0 Å². The van der Waals surface area contributed by atoms with Crippen LogP contribution in [0.5, 0.6) is 0 Å². The average molecular weight is 305 g/mol. The summed E-state index contributed by atoms with van der Waals surface area (Å²) in [4.78, 5) is 26.1. The number of carbonyl (C=O) groups excluding carboxylic acids is 2. The number of hydrogen-bond donors (Lipinski definition) is 0. The van der Waals surface area contributed by atoms with Crippen molar-refractivity contribution in [2.45, 2.75) is 63.8 Å². The van der Waals surface area contributed by atoms with Crippen molar-refractivity contribution in [2.75, 3.05) is 6.54 Å². The van der Waals surface area contributed by atoms with Crippen LogP contribution in [0.1, 0.15) is 39.5 Å². The fourth-order valence-corrected chi connectivity index (χ4v) is 4.89. The second-order valence-corrected chi connectivity index (χ2v) is 7.15. The number of cyclic esters (lactones) is 1. The van der Waals surface area contributed by atoms with E-state index in [1.165, 1.54) is 0 Å². The van der Waals surface area contributed by atoms with Crippen LogP contribution in [0.4, 0.5) is 0 Å². The standard InChI is InChI=1S/C17H23NO4/c1-9-8-14(22-16(9)19)11-5-6-12-15-10(2)17(20)21-13(15)4-3-7-18(11)12/h8,10-15H,3-7H2,1-2H3/t10-,11-,12-,13+,14-,15+/m0/s1. The lowest BCUT2D eigenvalue weighted by atomic mass is 9.83. The van der Waals surface area contributed by atoms with Crippen molar-refractivity contribution in [3.05, 3.63) is 11.6 Å². The van der Waals surface area contributed by atoms with Gasteiger partial charge in [-0.25, -0.2) is 4.79 Å². The van der Waals surface area contributed by atoms with Gasteiger partial charge in [0, 0.05) is 17.5 Å². The van der Waals surface area contributed by atoms with Gasteiger partial charge in [0.15, 0.2) is 0 Å². The van der Waals surface area contributed by atoms with Gasteiger partial charge in [-0.15, -0.1) is 0 Å². The second kappa shape index (κ2) is 5.08. The molecule has 0 bridgehead atoms. The van der Waals surface area contributed by atoms with Gasteiger partial charge in [-0.2, -0.15) is 0 Å². The van der Waals surface area contributed by atoms with Crippen molar-refractivity contribution in [2.24, 2.45) is 11.8 Å². The molecule has 0 aromatic carbocycles. The van der Waals surface area contributed by atoms with Crippen LogP contribution >= 0.6 is 0 Å². The summed E-state index contributed by atoms with van der Waals surface area (Å²) in [7, 11) is 0. The first-order valence-electron chi connectivity index (χ1n) is 8.42. The molecule has 22 heavy (non-hydrogen) atoms. The second-order valence-electron chi connectivity index (χ2n) is 7.15. The Balaban J connectivity index is 1.58. The fraction of sp³-hybridized carbons (Fsp3) is 0.765. The van der Waals surface area contributed by atoms with Crippen LogP contribution in [-0.2, 0) is 19.1 Å². The maximum atomic E-state index is 11.9. The highest BCUT2D eigenvalue weighted by Crippen LogP contribution is 2.44. The molecule has 0 spiro atoms. The van der Waals surface area contributed by atoms with Gasteiger partial charge >= 0.3 is 11.9 Å². The van der Waals surface area contributed by atoms with Gasteiger partial charge in [-0.05, 0) is 45.2 Å². The molecule has 5 heteroatoms. The number of fused-ring (bicyclic) bond motifs is 3. The third-order valence-electron chi connectivity index (χ3n) is 5.96. The third-order valence-corrected chi connectivity index (χ3v) is 5.96. The third kappa shape index (κ3) is 2.02. The molecule has 0 aromatic heterocycles. The van der Waals surface area contributed by atoms with E-state index in [2.05, 4.69) is 4.90 Å². The summed E-state index contributed by atoms with van der Waals surface area (Å²) in [5.74, 6) is 0.0529. The van der Waals surface area contributed by atoms with E-state index in [1.807, 2.05) is 19.9 Å². The molecule has 0 saturated carbocycles. The van der Waals surface area contributed by atoms with Gasteiger partial charge in [0.1, 0.15) is 12.2 Å². The highest BCUT2D eigenvalue weighted by molar-refractivity contribution is 5.90. The van der Waals surface area contributed by atoms with Gasteiger partial charge < -0.3 is 9.47 Å². The molecule has 120 valence electrons. The Hall–Kier alpha value is -1.36. The van der Waals surface area contributed by atoms with Crippen molar-refractivity contribution in [1.29, 1.82) is 0 Å². The summed E-state index contributed by atoms with van der Waals surface area (Å²) in [6, 6.07) is 0.639. The maximum absolute atomic E-state index is 11.9. The Bertz CT molecular complexity index is 543. The Morgan fingerprint density at radius 2 is 1.91 bits per heavy atom. The molecule has 4 rings (SSSR count). The lowest BCUT2D eigenvalue weighted by Gasteiger charge is -2.34. The predicted octanol–water partition coefficient (Wildman–Crippen LogP) is 1.66. The minimum Gasteiger partial charge on any atom is -0.462 e. The molecule has 0 unspecified atom stereocenters. The van der Waals surface area contributed by atoms with E-state index in [0.29, 0.717) is 17.5 Å². The van der Waals surface area contributed by atoms with E-state index in [-0.39, 0.29) is 36.1 Å². The number of nitrogens with zero attached hydrogens (tertiary/aromatic N) is 1. The molecule has 3 saturated heterocycles. The van der Waals surface area contributed by atoms with Gasteiger partial charge in [-0.1, -0.05) is 6.92 Å². The van der Waals surface area contributed by atoms with Gasteiger partial charge in [-0.3, -0.25) is 9.69 Å². The normalized spacial score (nSPS) is 44.9. The zero-order valence-electron chi connectivity index (χ0n) is 13.2. The van der Waals surface area contributed by atoms with Crippen molar-refractivity contribution in [1.82, 2.24) is 4.90 Å². The van der Waals surface area contributed by atoms with Crippen LogP contribution in [0.15, 0.2) is 11.6 Å². The summed E-state index contributed by atoms with van der Waals surface area (Å²) in [6.45, 7) is 4.83. The Labute approximate surface area is 130 Å². The molecule has 0 aliphatic carbocycles. The Morgan fingerprint density at radius 3 is 2.64 bits per heavy atom. The molecule has 5 nitrogen and oxygen atoms in total. The SMILES string of the molecule is CC1=C[C@@H]([C@@H]2CC[C@H]3[C@H]4[C@H](C)C(=O)O[C@@H]4CCCN32)OC1=O. The highest BCUT2D eigenvalue weighted by Gasteiger charge is 2.53. The van der Waals surface area contributed by atoms with Crippen LogP contribution in [0, 0.1) is 11.8 Å². The van der Waals surface area contributed by atoms with E-state index in [9.17, 15) is 9.59 Å². The molecule has 0 aromatic rings. The largest absolute Gasteiger partial charge is 0.462 e. The van der Waals surface area contributed by atoms with Gasteiger partial charge in [0.2, 0.25) is 0 Å². The first-order valence-corrected chi connectivity index (χ1v) is 8.42. The highest BCUT2D eigenvalue weighted by atomic mass is 16.6. The monoisotopic (exact) mass is 305 g/mol. The van der Waals surface area contributed by atoms with E-state index < -0.39 is 0 Å². The molecule has 6 atom stereocenters. The lowest BCUT2D eigenvalue weighted by molar-refractivity contribution is -0.144. The Kier molecular flexibility index (Phi) is 3.29. The summed E-state index contributed by atoms with van der Waals surface area (Å²) in [5, 5.41) is 0. The van der Waals surface area contributed by atoms with E-state index in [0.717, 1.165) is 32.2 Å². The summed E-state index contributed by atoms with van der Waals surface area (Å²) in [6.07, 6.45) is 6.01. The van der Waals surface area contributed by atoms with Crippen molar-refractivity contribution in [3.8, 4) is 0 Å². The van der Waals surface area contributed by atoms with Crippen LogP contribution in [0.2, 0.25) is 0 Å². The summed E-state index contributed by atoms with van der Waals surface area (Å²) in [5.41, 5.74) is 0.717. The Morgan fingerprint density at radius 1 is 1.14 bits per heavy atom. The molecule has 3 fully saturated rings. The van der Waals surface area contributed by atoms with Crippen molar-refractivity contribution < 1.29 is 19.1 Å². The average Bonchev–Trinajstić information content (AvgIpc) is 3.07. The summed E-state index contributed by atoms with van der Waals surface area (Å²) < 4.78 is 11.1. The predicted molar refractivity (Wildman–Crippen MR) is 78.9 cm³/mol. The van der Waals surface area contributed by atoms with Crippen LogP contribution in [0.3, 0.4) is 0 Å². The van der Waals surface area contributed by atoms with Crippen molar-refractivity contribution >= 4 is 11.9 Å². The topological polar surface area (TPSA) is 55.8 Å². The molecular weight excluding hydrogens is 282 g/mol. The van der Waals surface area contributed by atoms with E-state index in [1.54, 1.807) is 0 Å². The van der Waals surface area contributed by atoms with Gasteiger partial charge in [0.05, 0.1) is 12.0 Å². The van der Waals surface area contributed by atoms with Crippen molar-refractivity contribution in [3.63, 3.8) is 0 Å². The molecule has 4 aliphatic heterocycles. The maximum Gasteiger partial charge on any atom is 0.334 e. The number of hydrogen-bond acceptors (Lipinski definition) is 5. The molecule has 4 aliphatic rings. The minimum absolute atomic E-state index is 0.0160. The minimum atomic E-state index is -0.186. The molecule has 4 heterocycles. The first-order chi connectivity index (χ1) is 10.6. The van der Waals surface area contributed by atoms with E-state index in [4.69, 9.17) is 9.47 Å². The van der Waals surface area contributed by atoms with Crippen LogP contribution in [-0.4, -0.2) is 47.7 Å². The zero-order chi connectivity index (χ0) is 15.4. The number of ether oxygens (including phenoxy) is 2. The fourth-order valence-electron chi connectivity index (χ4n) is 4.89. The molecular formula is C17H23NO4. The first kappa shape index (κ1) is 14.2. The quantitative estimate of drug-likeness (QED) is 0.690. The number of rotatable bonds is 1. The number of esters is 2. The van der Waals surface area contributed by atoms with Crippen LogP contribution < -0.4 is 0 Å².